The van der Waals surface area contributed by atoms with Crippen molar-refractivity contribution >= 4 is 0 Å². The van der Waals surface area contributed by atoms with E-state index in [-0.39, 0.29) is 12.7 Å². The van der Waals surface area contributed by atoms with Gasteiger partial charge in [-0.15, -0.1) is 0 Å². The monoisotopic (exact) mass is 359 g/mol. The van der Waals surface area contributed by atoms with Crippen molar-refractivity contribution in [2.45, 2.75) is 25.5 Å². The number of nitrogens with zero attached hydrogens (tertiary/aromatic N) is 3. The summed E-state index contributed by atoms with van der Waals surface area (Å²) in [6.07, 6.45) is 6.20. The summed E-state index contributed by atoms with van der Waals surface area (Å²) >= 11 is 0. The molecular weight excluding hydrogens is 330 g/mol. The highest BCUT2D eigenvalue weighted by molar-refractivity contribution is 5.33. The van der Waals surface area contributed by atoms with Crippen LogP contribution in [0.2, 0.25) is 0 Å². The molecule has 0 radical (unpaired) electrons. The SMILES string of the molecule is COc1ccccc1CN(CCO)C[C@@H]1CCCO[C@H]1c1cnn(C)c1. The van der Waals surface area contributed by atoms with Crippen LogP contribution in [0, 0.1) is 5.92 Å². The zero-order chi connectivity index (χ0) is 18.4. The lowest BCUT2D eigenvalue weighted by atomic mass is 9.90. The average molecular weight is 359 g/mol. The summed E-state index contributed by atoms with van der Waals surface area (Å²) in [6, 6.07) is 8.07. The number of aliphatic hydroxyl groups excluding tert-OH is 1. The number of aromatic nitrogens is 2. The summed E-state index contributed by atoms with van der Waals surface area (Å²) in [7, 11) is 3.63. The van der Waals surface area contributed by atoms with Crippen LogP contribution in [0.3, 0.4) is 0 Å². The maximum Gasteiger partial charge on any atom is 0.123 e. The number of aliphatic hydroxyl groups is 1. The smallest absolute Gasteiger partial charge is 0.123 e. The maximum atomic E-state index is 9.54. The largest absolute Gasteiger partial charge is 0.496 e. The molecule has 2 aromatic rings. The van der Waals surface area contributed by atoms with Gasteiger partial charge in [0.25, 0.3) is 0 Å². The van der Waals surface area contributed by atoms with Crippen LogP contribution < -0.4 is 4.74 Å². The first-order valence-electron chi connectivity index (χ1n) is 9.26. The third-order valence-corrected chi connectivity index (χ3v) is 4.99. The minimum absolute atomic E-state index is 0.0660. The van der Waals surface area contributed by atoms with Crippen molar-refractivity contribution in [3.8, 4) is 5.75 Å². The molecule has 0 unspecified atom stereocenters. The highest BCUT2D eigenvalue weighted by Gasteiger charge is 2.30. The molecule has 1 aromatic carbocycles. The van der Waals surface area contributed by atoms with Crippen LogP contribution in [0.4, 0.5) is 0 Å². The van der Waals surface area contributed by atoms with Gasteiger partial charge in [0.2, 0.25) is 0 Å². The minimum Gasteiger partial charge on any atom is -0.496 e. The number of methoxy groups -OCH3 is 1. The van der Waals surface area contributed by atoms with Gasteiger partial charge in [0.15, 0.2) is 0 Å². The van der Waals surface area contributed by atoms with Gasteiger partial charge in [0.1, 0.15) is 5.75 Å². The number of hydrogen-bond donors (Lipinski definition) is 1. The number of ether oxygens (including phenoxy) is 2. The molecule has 26 heavy (non-hydrogen) atoms. The molecule has 142 valence electrons. The van der Waals surface area contributed by atoms with Crippen molar-refractivity contribution in [2.24, 2.45) is 13.0 Å². The Balaban J connectivity index is 1.73. The van der Waals surface area contributed by atoms with Crippen LogP contribution in [-0.4, -0.2) is 53.2 Å². The predicted octanol–water partition coefficient (Wildman–Crippen LogP) is 2.39. The van der Waals surface area contributed by atoms with E-state index in [2.05, 4.69) is 16.1 Å². The van der Waals surface area contributed by atoms with Gasteiger partial charge in [0.05, 0.1) is 26.0 Å². The molecule has 2 atom stereocenters. The first-order chi connectivity index (χ1) is 12.7. The molecule has 6 nitrogen and oxygen atoms in total. The minimum atomic E-state index is 0.0660. The highest BCUT2D eigenvalue weighted by atomic mass is 16.5. The Morgan fingerprint density at radius 1 is 1.38 bits per heavy atom. The second kappa shape index (κ2) is 9.16. The van der Waals surface area contributed by atoms with Gasteiger partial charge in [-0.2, -0.15) is 5.10 Å². The van der Waals surface area contributed by atoms with E-state index in [1.165, 1.54) is 0 Å². The molecule has 1 aliphatic heterocycles. The van der Waals surface area contributed by atoms with E-state index in [1.54, 1.807) is 7.11 Å². The summed E-state index contributed by atoms with van der Waals surface area (Å²) in [5.74, 6) is 1.27. The Morgan fingerprint density at radius 2 is 2.23 bits per heavy atom. The molecule has 6 heteroatoms. The fourth-order valence-electron chi connectivity index (χ4n) is 3.77. The molecule has 3 rings (SSSR count). The van der Waals surface area contributed by atoms with Gasteiger partial charge >= 0.3 is 0 Å². The molecule has 1 N–H and O–H groups in total. The number of rotatable bonds is 8. The van der Waals surface area contributed by atoms with Crippen LogP contribution in [0.5, 0.6) is 5.75 Å². The van der Waals surface area contributed by atoms with E-state index in [0.717, 1.165) is 49.4 Å². The predicted molar refractivity (Wildman–Crippen MR) is 100.0 cm³/mol. The van der Waals surface area contributed by atoms with Crippen LogP contribution >= 0.6 is 0 Å². The van der Waals surface area contributed by atoms with Gasteiger partial charge in [-0.05, 0) is 18.9 Å². The van der Waals surface area contributed by atoms with Crippen LogP contribution in [-0.2, 0) is 18.3 Å². The fourth-order valence-corrected chi connectivity index (χ4v) is 3.77. The van der Waals surface area contributed by atoms with Crippen molar-refractivity contribution in [1.29, 1.82) is 0 Å². The van der Waals surface area contributed by atoms with E-state index in [1.807, 2.05) is 42.3 Å². The van der Waals surface area contributed by atoms with Gasteiger partial charge < -0.3 is 14.6 Å². The second-order valence-corrected chi connectivity index (χ2v) is 6.91. The van der Waals surface area contributed by atoms with Crippen molar-refractivity contribution in [1.82, 2.24) is 14.7 Å². The third kappa shape index (κ3) is 4.63. The zero-order valence-corrected chi connectivity index (χ0v) is 15.7. The standard InChI is InChI=1S/C20H29N3O3/c1-22-13-18(12-21-22)20-17(7-5-11-26-20)15-23(9-10-24)14-16-6-3-4-8-19(16)25-2/h3-4,6,8,12-13,17,20,24H,5,7,9-11,14-15H2,1-2H3/t17-,20+/m0/s1. The van der Waals surface area contributed by atoms with Gasteiger partial charge in [0, 0.05) is 56.5 Å². The Hall–Kier alpha value is -1.89. The quantitative estimate of drug-likeness (QED) is 0.784. The van der Waals surface area contributed by atoms with E-state index in [4.69, 9.17) is 9.47 Å². The molecule has 1 aromatic heterocycles. The lowest BCUT2D eigenvalue weighted by Gasteiger charge is -2.35. The maximum absolute atomic E-state index is 9.54. The van der Waals surface area contributed by atoms with Gasteiger partial charge in [-0.1, -0.05) is 18.2 Å². The summed E-state index contributed by atoms with van der Waals surface area (Å²) in [4.78, 5) is 2.29. The zero-order valence-electron chi connectivity index (χ0n) is 15.7. The van der Waals surface area contributed by atoms with Crippen molar-refractivity contribution in [3.05, 3.63) is 47.8 Å². The molecule has 0 saturated carbocycles. The molecule has 0 amide bonds. The van der Waals surface area contributed by atoms with Crippen molar-refractivity contribution in [2.75, 3.05) is 33.4 Å². The molecule has 1 fully saturated rings. The molecule has 0 spiro atoms. The Labute approximate surface area is 155 Å². The summed E-state index contributed by atoms with van der Waals surface area (Å²) < 4.78 is 13.4. The van der Waals surface area contributed by atoms with Crippen molar-refractivity contribution in [3.63, 3.8) is 0 Å². The van der Waals surface area contributed by atoms with Gasteiger partial charge in [-0.25, -0.2) is 0 Å². The number of hydrogen-bond acceptors (Lipinski definition) is 5. The lowest BCUT2D eigenvalue weighted by molar-refractivity contribution is -0.0409. The molecule has 0 bridgehead atoms. The van der Waals surface area contributed by atoms with Crippen LogP contribution in [0.15, 0.2) is 36.7 Å². The lowest BCUT2D eigenvalue weighted by Crippen LogP contribution is -2.36. The normalized spacial score (nSPS) is 20.5. The molecule has 1 aliphatic rings. The third-order valence-electron chi connectivity index (χ3n) is 4.99. The van der Waals surface area contributed by atoms with Crippen LogP contribution in [0.1, 0.15) is 30.1 Å². The van der Waals surface area contributed by atoms with Gasteiger partial charge in [-0.3, -0.25) is 9.58 Å². The first-order valence-corrected chi connectivity index (χ1v) is 9.26. The molecule has 1 saturated heterocycles. The summed E-state index contributed by atoms with van der Waals surface area (Å²) in [5, 5.41) is 13.8. The summed E-state index contributed by atoms with van der Waals surface area (Å²) in [6.45, 7) is 3.19. The van der Waals surface area contributed by atoms with Crippen molar-refractivity contribution < 1.29 is 14.6 Å². The Morgan fingerprint density at radius 3 is 2.96 bits per heavy atom. The Bertz CT molecular complexity index is 688. The van der Waals surface area contributed by atoms with E-state index in [0.29, 0.717) is 12.5 Å². The number of para-hydroxylation sites is 1. The molecule has 0 aliphatic carbocycles. The van der Waals surface area contributed by atoms with E-state index in [9.17, 15) is 5.11 Å². The Kier molecular flexibility index (Phi) is 6.66. The van der Waals surface area contributed by atoms with E-state index >= 15 is 0 Å². The second-order valence-electron chi connectivity index (χ2n) is 6.91. The summed E-state index contributed by atoms with van der Waals surface area (Å²) in [5.41, 5.74) is 2.27. The average Bonchev–Trinajstić information content (AvgIpc) is 3.09. The number of aryl methyl sites for hydroxylation is 1. The van der Waals surface area contributed by atoms with E-state index < -0.39 is 0 Å². The van der Waals surface area contributed by atoms with Crippen LogP contribution in [0.25, 0.3) is 0 Å². The first kappa shape index (κ1) is 18.9. The topological polar surface area (TPSA) is 59.8 Å². The fraction of sp³-hybridized carbons (Fsp3) is 0.550. The molecule has 2 heterocycles. The number of benzene rings is 1. The highest BCUT2D eigenvalue weighted by Crippen LogP contribution is 2.34. The molecular formula is C20H29N3O3.